The number of aliphatic hydroxyl groups excluding tert-OH is 2. The van der Waals surface area contributed by atoms with Crippen molar-refractivity contribution in [2.45, 2.75) is 71.0 Å². The molecule has 0 aromatic rings. The zero-order valence-corrected chi connectivity index (χ0v) is 14.9. The summed E-state index contributed by atoms with van der Waals surface area (Å²) >= 11 is 0. The Kier molecular flexibility index (Phi) is 4.85. The molecule has 3 nitrogen and oxygen atoms in total. The van der Waals surface area contributed by atoms with Crippen LogP contribution in [0.4, 0.5) is 0 Å². The first-order chi connectivity index (χ1) is 11.3. The fourth-order valence-electron chi connectivity index (χ4n) is 5.37. The molecule has 0 aromatic carbocycles. The lowest BCUT2D eigenvalue weighted by molar-refractivity contribution is -0.125. The van der Waals surface area contributed by atoms with Crippen molar-refractivity contribution in [1.29, 1.82) is 0 Å². The Hall–Kier alpha value is -1.19. The second-order valence-corrected chi connectivity index (χ2v) is 8.29. The molecule has 0 heterocycles. The van der Waals surface area contributed by atoms with E-state index in [1.54, 1.807) is 6.92 Å². The van der Waals surface area contributed by atoms with Crippen molar-refractivity contribution in [3.8, 4) is 0 Å². The van der Waals surface area contributed by atoms with Gasteiger partial charge in [0.25, 0.3) is 0 Å². The Bertz CT molecular complexity index is 600. The molecule has 3 aliphatic rings. The average Bonchev–Trinajstić information content (AvgIpc) is 2.84. The van der Waals surface area contributed by atoms with Gasteiger partial charge in [0.15, 0.2) is 0 Å². The van der Waals surface area contributed by atoms with Crippen LogP contribution in [-0.4, -0.2) is 28.2 Å². The van der Waals surface area contributed by atoms with Gasteiger partial charge in [-0.2, -0.15) is 0 Å². The van der Waals surface area contributed by atoms with Crippen molar-refractivity contribution in [3.05, 3.63) is 35.5 Å². The highest BCUT2D eigenvalue weighted by atomic mass is 16.3. The van der Waals surface area contributed by atoms with Crippen molar-refractivity contribution in [3.63, 3.8) is 0 Å². The molecule has 3 aliphatic carbocycles. The van der Waals surface area contributed by atoms with Crippen LogP contribution in [0.1, 0.15) is 58.8 Å². The molecule has 0 saturated heterocycles. The highest BCUT2D eigenvalue weighted by Crippen LogP contribution is 2.57. The van der Waals surface area contributed by atoms with Gasteiger partial charge in [0.2, 0.25) is 0 Å². The minimum atomic E-state index is -0.365. The molecule has 5 atom stereocenters. The molecule has 0 bridgehead atoms. The average molecular weight is 330 g/mol. The lowest BCUT2D eigenvalue weighted by atomic mass is 9.62. The SMILES string of the molecule is C=C1CC[C@@H](O)CC1=CC=C1C[C@@H](O)C[C@]2(C)[C@@H](C(C)=O)CC[C@@H]12. The van der Waals surface area contributed by atoms with Crippen LogP contribution in [0.15, 0.2) is 35.5 Å². The van der Waals surface area contributed by atoms with Crippen LogP contribution in [0, 0.1) is 17.3 Å². The summed E-state index contributed by atoms with van der Waals surface area (Å²) in [5, 5.41) is 20.3. The Labute approximate surface area is 145 Å². The predicted molar refractivity (Wildman–Crippen MR) is 95.4 cm³/mol. The molecule has 24 heavy (non-hydrogen) atoms. The lowest BCUT2D eigenvalue weighted by Crippen LogP contribution is -2.41. The quantitative estimate of drug-likeness (QED) is 0.811. The summed E-state index contributed by atoms with van der Waals surface area (Å²) in [6.07, 6.45) is 9.32. The zero-order chi connectivity index (χ0) is 17.5. The summed E-state index contributed by atoms with van der Waals surface area (Å²) in [6.45, 7) is 8.00. The third-order valence-electron chi connectivity index (χ3n) is 6.61. The molecular formula is C21H30O3. The first kappa shape index (κ1) is 17.6. The van der Waals surface area contributed by atoms with Crippen LogP contribution >= 0.6 is 0 Å². The molecule has 3 fully saturated rings. The summed E-state index contributed by atoms with van der Waals surface area (Å²) in [5.74, 6) is 0.712. The summed E-state index contributed by atoms with van der Waals surface area (Å²) in [4.78, 5) is 12.1. The highest BCUT2D eigenvalue weighted by Gasteiger charge is 2.52. The molecule has 0 radical (unpaired) electrons. The highest BCUT2D eigenvalue weighted by molar-refractivity contribution is 5.79. The van der Waals surface area contributed by atoms with E-state index in [2.05, 4.69) is 25.7 Å². The summed E-state index contributed by atoms with van der Waals surface area (Å²) < 4.78 is 0. The zero-order valence-electron chi connectivity index (χ0n) is 14.9. The van der Waals surface area contributed by atoms with Gasteiger partial charge in [0.1, 0.15) is 5.78 Å². The molecule has 0 aromatic heterocycles. The number of carbonyl (C=O) groups excluding carboxylic acids is 1. The second-order valence-electron chi connectivity index (χ2n) is 8.29. The number of hydrogen-bond donors (Lipinski definition) is 2. The lowest BCUT2D eigenvalue weighted by Gasteiger charge is -2.43. The largest absolute Gasteiger partial charge is 0.393 e. The first-order valence-electron chi connectivity index (χ1n) is 9.25. The van der Waals surface area contributed by atoms with Crippen molar-refractivity contribution in [1.82, 2.24) is 0 Å². The van der Waals surface area contributed by atoms with E-state index in [9.17, 15) is 15.0 Å². The Morgan fingerprint density at radius 3 is 2.62 bits per heavy atom. The third kappa shape index (κ3) is 3.16. The molecule has 2 N–H and O–H groups in total. The van der Waals surface area contributed by atoms with Gasteiger partial charge in [-0.1, -0.05) is 36.8 Å². The van der Waals surface area contributed by atoms with Gasteiger partial charge in [-0.25, -0.2) is 0 Å². The number of hydrogen-bond acceptors (Lipinski definition) is 3. The van der Waals surface area contributed by atoms with Crippen LogP contribution in [0.2, 0.25) is 0 Å². The number of allylic oxidation sites excluding steroid dienone is 3. The predicted octanol–water partition coefficient (Wildman–Crippen LogP) is 3.72. The maximum absolute atomic E-state index is 12.1. The molecule has 3 heteroatoms. The third-order valence-corrected chi connectivity index (χ3v) is 6.61. The maximum atomic E-state index is 12.1. The second kappa shape index (κ2) is 6.61. The molecule has 3 rings (SSSR count). The van der Waals surface area contributed by atoms with E-state index in [1.165, 1.54) is 5.57 Å². The molecule has 3 saturated carbocycles. The number of rotatable bonds is 2. The minimum absolute atomic E-state index is 0.0694. The minimum Gasteiger partial charge on any atom is -0.393 e. The Morgan fingerprint density at radius 2 is 1.92 bits per heavy atom. The van der Waals surface area contributed by atoms with Gasteiger partial charge < -0.3 is 10.2 Å². The summed E-state index contributed by atoms with van der Waals surface area (Å²) in [7, 11) is 0. The number of fused-ring (bicyclic) bond motifs is 1. The Morgan fingerprint density at radius 1 is 1.17 bits per heavy atom. The van der Waals surface area contributed by atoms with Gasteiger partial charge in [0, 0.05) is 5.92 Å². The van der Waals surface area contributed by atoms with E-state index in [4.69, 9.17) is 0 Å². The fourth-order valence-corrected chi connectivity index (χ4v) is 5.37. The van der Waals surface area contributed by atoms with Gasteiger partial charge in [-0.15, -0.1) is 0 Å². The number of carbonyl (C=O) groups is 1. The van der Waals surface area contributed by atoms with Crippen molar-refractivity contribution in [2.24, 2.45) is 17.3 Å². The van der Waals surface area contributed by atoms with E-state index in [0.717, 1.165) is 43.3 Å². The molecule has 0 unspecified atom stereocenters. The molecular weight excluding hydrogens is 300 g/mol. The fraction of sp³-hybridized carbons (Fsp3) is 0.667. The molecule has 0 amide bonds. The van der Waals surface area contributed by atoms with Crippen LogP contribution < -0.4 is 0 Å². The van der Waals surface area contributed by atoms with E-state index >= 15 is 0 Å². The van der Waals surface area contributed by atoms with Crippen LogP contribution in [0.5, 0.6) is 0 Å². The van der Waals surface area contributed by atoms with Gasteiger partial charge in [0.05, 0.1) is 12.2 Å². The molecule has 0 spiro atoms. The van der Waals surface area contributed by atoms with Crippen LogP contribution in [0.3, 0.4) is 0 Å². The monoisotopic (exact) mass is 330 g/mol. The van der Waals surface area contributed by atoms with Gasteiger partial charge in [-0.3, -0.25) is 4.79 Å². The van der Waals surface area contributed by atoms with E-state index in [1.807, 2.05) is 0 Å². The normalized spacial score (nSPS) is 43.2. The van der Waals surface area contributed by atoms with E-state index in [0.29, 0.717) is 18.8 Å². The standard InChI is InChI=1S/C21H30O3/c1-13-4-7-17(23)10-15(13)5-6-16-11-18(24)12-21(3)19(14(2)22)8-9-20(16)21/h5-6,17-20,23-24H,1,4,7-12H2,2-3H3/t17-,18-,19-,20+,21-/m1/s1. The summed E-state index contributed by atoms with van der Waals surface area (Å²) in [5.41, 5.74) is 3.39. The first-order valence-corrected chi connectivity index (χ1v) is 9.25. The molecule has 132 valence electrons. The van der Waals surface area contributed by atoms with Crippen molar-refractivity contribution < 1.29 is 15.0 Å². The summed E-state index contributed by atoms with van der Waals surface area (Å²) in [6, 6.07) is 0. The topological polar surface area (TPSA) is 57.5 Å². The number of ketones is 1. The van der Waals surface area contributed by atoms with Crippen LogP contribution in [-0.2, 0) is 4.79 Å². The van der Waals surface area contributed by atoms with Gasteiger partial charge in [-0.05, 0) is 68.8 Å². The Balaban J connectivity index is 1.87. The van der Waals surface area contributed by atoms with E-state index < -0.39 is 0 Å². The number of Topliss-reactive ketones (excluding diaryl/α,β-unsaturated/α-hetero) is 1. The van der Waals surface area contributed by atoms with Crippen molar-refractivity contribution in [2.75, 3.05) is 0 Å². The molecule has 0 aliphatic heterocycles. The van der Waals surface area contributed by atoms with Gasteiger partial charge >= 0.3 is 0 Å². The van der Waals surface area contributed by atoms with Crippen LogP contribution in [0.25, 0.3) is 0 Å². The van der Waals surface area contributed by atoms with E-state index in [-0.39, 0.29) is 29.3 Å². The maximum Gasteiger partial charge on any atom is 0.133 e. The van der Waals surface area contributed by atoms with Crippen molar-refractivity contribution >= 4 is 5.78 Å². The number of aliphatic hydroxyl groups is 2. The smallest absolute Gasteiger partial charge is 0.133 e.